The molecule has 19 heavy (non-hydrogen) atoms. The molecule has 2 aromatic rings. The SMILES string of the molecule is CCSc1cc(CNc2ccc(C#N)nc2)ccn1. The molecule has 2 heterocycles. The van der Waals surface area contributed by atoms with E-state index >= 15 is 0 Å². The number of hydrogen-bond donors (Lipinski definition) is 1. The van der Waals surface area contributed by atoms with Crippen LogP contribution in [-0.2, 0) is 6.54 Å². The van der Waals surface area contributed by atoms with Crippen LogP contribution in [-0.4, -0.2) is 15.7 Å². The van der Waals surface area contributed by atoms with Crippen LogP contribution in [0.25, 0.3) is 0 Å². The van der Waals surface area contributed by atoms with E-state index in [1.54, 1.807) is 24.0 Å². The molecule has 0 saturated carbocycles. The molecular weight excluding hydrogens is 256 g/mol. The molecule has 0 bridgehead atoms. The molecule has 0 saturated heterocycles. The molecule has 0 amide bonds. The topological polar surface area (TPSA) is 61.6 Å². The summed E-state index contributed by atoms with van der Waals surface area (Å²) in [5.74, 6) is 1.02. The Morgan fingerprint density at radius 2 is 2.21 bits per heavy atom. The predicted octanol–water partition coefficient (Wildman–Crippen LogP) is 3.07. The Morgan fingerprint density at radius 1 is 1.32 bits per heavy atom. The van der Waals surface area contributed by atoms with Crippen LogP contribution >= 0.6 is 11.8 Å². The molecule has 0 aliphatic carbocycles. The number of anilines is 1. The van der Waals surface area contributed by atoms with Crippen LogP contribution in [0.15, 0.2) is 41.7 Å². The van der Waals surface area contributed by atoms with Gasteiger partial charge in [0.25, 0.3) is 0 Å². The summed E-state index contributed by atoms with van der Waals surface area (Å²) in [7, 11) is 0. The van der Waals surface area contributed by atoms with Crippen molar-refractivity contribution in [2.75, 3.05) is 11.1 Å². The van der Waals surface area contributed by atoms with E-state index in [0.29, 0.717) is 12.2 Å². The maximum absolute atomic E-state index is 8.68. The van der Waals surface area contributed by atoms with Gasteiger partial charge >= 0.3 is 0 Å². The van der Waals surface area contributed by atoms with Gasteiger partial charge in [-0.15, -0.1) is 11.8 Å². The standard InChI is InChI=1S/C14H14N4S/c1-2-19-14-7-11(5-6-16-14)9-17-13-4-3-12(8-15)18-10-13/h3-7,10,17H,2,9H2,1H3. The Balaban J connectivity index is 1.97. The molecule has 96 valence electrons. The van der Waals surface area contributed by atoms with E-state index in [1.165, 1.54) is 5.56 Å². The fourth-order valence-corrected chi connectivity index (χ4v) is 2.22. The van der Waals surface area contributed by atoms with Crippen LogP contribution < -0.4 is 5.32 Å². The molecule has 0 aromatic carbocycles. The highest BCUT2D eigenvalue weighted by Crippen LogP contribution is 2.16. The lowest BCUT2D eigenvalue weighted by Crippen LogP contribution is -2.00. The maximum Gasteiger partial charge on any atom is 0.140 e. The summed E-state index contributed by atoms with van der Waals surface area (Å²) in [6, 6.07) is 9.63. The number of nitriles is 1. The van der Waals surface area contributed by atoms with Crippen molar-refractivity contribution < 1.29 is 0 Å². The van der Waals surface area contributed by atoms with Gasteiger partial charge in [0.05, 0.1) is 16.9 Å². The van der Waals surface area contributed by atoms with Crippen LogP contribution in [0.3, 0.4) is 0 Å². The zero-order valence-electron chi connectivity index (χ0n) is 10.6. The molecule has 1 N–H and O–H groups in total. The van der Waals surface area contributed by atoms with Crippen molar-refractivity contribution >= 4 is 17.4 Å². The van der Waals surface area contributed by atoms with Gasteiger partial charge in [0.1, 0.15) is 11.8 Å². The minimum Gasteiger partial charge on any atom is -0.380 e. The molecule has 0 radical (unpaired) electrons. The molecule has 0 fully saturated rings. The zero-order valence-corrected chi connectivity index (χ0v) is 11.4. The van der Waals surface area contributed by atoms with Crippen molar-refractivity contribution in [1.82, 2.24) is 9.97 Å². The van der Waals surface area contributed by atoms with E-state index in [9.17, 15) is 0 Å². The number of nitrogens with one attached hydrogen (secondary N) is 1. The van der Waals surface area contributed by atoms with Crippen LogP contribution in [0.1, 0.15) is 18.2 Å². The van der Waals surface area contributed by atoms with Crippen LogP contribution in [0.5, 0.6) is 0 Å². The van der Waals surface area contributed by atoms with E-state index in [2.05, 4.69) is 28.3 Å². The summed E-state index contributed by atoms with van der Waals surface area (Å²) in [5.41, 5.74) is 2.51. The Kier molecular flexibility index (Phi) is 4.76. The van der Waals surface area contributed by atoms with Crippen LogP contribution in [0.4, 0.5) is 5.69 Å². The van der Waals surface area contributed by atoms with Crippen molar-refractivity contribution in [2.24, 2.45) is 0 Å². The fourth-order valence-electron chi connectivity index (χ4n) is 1.56. The molecule has 2 rings (SSSR count). The molecule has 2 aromatic heterocycles. The minimum absolute atomic E-state index is 0.427. The van der Waals surface area contributed by atoms with Gasteiger partial charge in [-0.25, -0.2) is 9.97 Å². The zero-order chi connectivity index (χ0) is 13.5. The molecule has 0 aliphatic heterocycles. The van der Waals surface area contributed by atoms with E-state index in [1.807, 2.05) is 24.4 Å². The van der Waals surface area contributed by atoms with Gasteiger partial charge in [0, 0.05) is 12.7 Å². The summed E-state index contributed by atoms with van der Waals surface area (Å²) < 4.78 is 0. The van der Waals surface area contributed by atoms with Gasteiger partial charge in [-0.2, -0.15) is 5.26 Å². The lowest BCUT2D eigenvalue weighted by atomic mass is 10.2. The smallest absolute Gasteiger partial charge is 0.140 e. The fraction of sp³-hybridized carbons (Fsp3) is 0.214. The molecule has 0 unspecified atom stereocenters. The first-order chi connectivity index (χ1) is 9.31. The lowest BCUT2D eigenvalue weighted by Gasteiger charge is -2.07. The summed E-state index contributed by atoms with van der Waals surface area (Å²) in [5, 5.41) is 13.0. The van der Waals surface area contributed by atoms with Crippen LogP contribution in [0.2, 0.25) is 0 Å². The number of nitrogens with zero attached hydrogens (tertiary/aromatic N) is 3. The Labute approximate surface area is 116 Å². The van der Waals surface area contributed by atoms with Gasteiger partial charge in [-0.05, 0) is 35.6 Å². The van der Waals surface area contributed by atoms with Crippen molar-refractivity contribution in [3.8, 4) is 6.07 Å². The third-order valence-corrected chi connectivity index (χ3v) is 3.27. The average Bonchev–Trinajstić information content (AvgIpc) is 2.46. The number of thioether (sulfide) groups is 1. The molecule has 0 spiro atoms. The highest BCUT2D eigenvalue weighted by molar-refractivity contribution is 7.99. The Hall–Kier alpha value is -2.06. The molecule has 0 aliphatic rings. The number of pyridine rings is 2. The van der Waals surface area contributed by atoms with Crippen LogP contribution in [0, 0.1) is 11.3 Å². The Morgan fingerprint density at radius 3 is 2.89 bits per heavy atom. The third kappa shape index (κ3) is 3.97. The number of aromatic nitrogens is 2. The van der Waals surface area contributed by atoms with Crippen molar-refractivity contribution in [2.45, 2.75) is 18.5 Å². The highest BCUT2D eigenvalue weighted by atomic mass is 32.2. The second kappa shape index (κ2) is 6.76. The Bertz CT molecular complexity index is 575. The first-order valence-electron chi connectivity index (χ1n) is 5.99. The van der Waals surface area contributed by atoms with Crippen molar-refractivity contribution in [3.63, 3.8) is 0 Å². The molecule has 4 nitrogen and oxygen atoms in total. The predicted molar refractivity (Wildman–Crippen MR) is 76.9 cm³/mol. The number of rotatable bonds is 5. The quantitative estimate of drug-likeness (QED) is 0.846. The first-order valence-corrected chi connectivity index (χ1v) is 6.98. The van der Waals surface area contributed by atoms with Gasteiger partial charge < -0.3 is 5.32 Å². The molecule has 0 atom stereocenters. The van der Waals surface area contributed by atoms with E-state index in [-0.39, 0.29) is 0 Å². The average molecular weight is 270 g/mol. The first kappa shape index (κ1) is 13.4. The second-order valence-corrected chi connectivity index (χ2v) is 5.12. The van der Waals surface area contributed by atoms with E-state index in [4.69, 9.17) is 5.26 Å². The number of hydrogen-bond acceptors (Lipinski definition) is 5. The van der Waals surface area contributed by atoms with Gasteiger partial charge in [0.15, 0.2) is 0 Å². The third-order valence-electron chi connectivity index (χ3n) is 2.47. The summed E-state index contributed by atoms with van der Waals surface area (Å²) in [6.07, 6.45) is 3.49. The van der Waals surface area contributed by atoms with Gasteiger partial charge in [-0.3, -0.25) is 0 Å². The summed E-state index contributed by atoms with van der Waals surface area (Å²) in [4.78, 5) is 8.31. The largest absolute Gasteiger partial charge is 0.380 e. The monoisotopic (exact) mass is 270 g/mol. The van der Waals surface area contributed by atoms with E-state index in [0.717, 1.165) is 16.5 Å². The summed E-state index contributed by atoms with van der Waals surface area (Å²) >= 11 is 1.73. The van der Waals surface area contributed by atoms with Gasteiger partial charge in [-0.1, -0.05) is 6.92 Å². The normalized spacial score (nSPS) is 9.89. The second-order valence-electron chi connectivity index (χ2n) is 3.83. The van der Waals surface area contributed by atoms with Gasteiger partial charge in [0.2, 0.25) is 0 Å². The van der Waals surface area contributed by atoms with Crippen molar-refractivity contribution in [3.05, 3.63) is 47.9 Å². The maximum atomic E-state index is 8.68. The lowest BCUT2D eigenvalue weighted by molar-refractivity contribution is 1.05. The summed E-state index contributed by atoms with van der Waals surface area (Å²) in [6.45, 7) is 2.83. The minimum atomic E-state index is 0.427. The van der Waals surface area contributed by atoms with E-state index < -0.39 is 0 Å². The van der Waals surface area contributed by atoms with Crippen molar-refractivity contribution in [1.29, 1.82) is 5.26 Å². The molecular formula is C14H14N4S. The highest BCUT2D eigenvalue weighted by Gasteiger charge is 1.99. The molecule has 5 heteroatoms.